The molecule has 0 aliphatic heterocycles. The Hall–Kier alpha value is -1.04. The van der Waals surface area contributed by atoms with E-state index in [0.29, 0.717) is 24.8 Å². The van der Waals surface area contributed by atoms with Crippen molar-refractivity contribution in [2.45, 2.75) is 50.7 Å². The second-order valence-corrected chi connectivity index (χ2v) is 6.11. The number of rotatable bonds is 5. The number of aromatic nitrogens is 2. The smallest absolute Gasteiger partial charge is 0.317 e. The van der Waals surface area contributed by atoms with E-state index in [1.807, 2.05) is 26.5 Å². The van der Waals surface area contributed by atoms with Crippen LogP contribution in [0.2, 0.25) is 0 Å². The van der Waals surface area contributed by atoms with Crippen LogP contribution >= 0.6 is 0 Å². The highest BCUT2D eigenvalue weighted by Crippen LogP contribution is 2.40. The summed E-state index contributed by atoms with van der Waals surface area (Å²) in [4.78, 5) is 0. The molecule has 1 aliphatic carbocycles. The highest BCUT2D eigenvalue weighted by atomic mass is 19.4. The van der Waals surface area contributed by atoms with Crippen molar-refractivity contribution in [3.05, 3.63) is 18.0 Å². The number of hydrogen-bond donors (Lipinski definition) is 1. The molecule has 1 heterocycles. The highest BCUT2D eigenvalue weighted by molar-refractivity contribution is 5.04. The van der Waals surface area contributed by atoms with E-state index in [0.717, 1.165) is 12.8 Å². The predicted octanol–water partition coefficient (Wildman–Crippen LogP) is 3.31. The van der Waals surface area contributed by atoms with Gasteiger partial charge in [0.15, 0.2) is 0 Å². The molecule has 0 saturated heterocycles. The summed E-state index contributed by atoms with van der Waals surface area (Å²) in [5, 5.41) is 7.44. The highest BCUT2D eigenvalue weighted by Gasteiger charge is 2.42. The molecule has 0 aromatic carbocycles. The largest absolute Gasteiger partial charge is 0.391 e. The van der Waals surface area contributed by atoms with Crippen molar-refractivity contribution in [3.8, 4) is 0 Å². The predicted molar refractivity (Wildman–Crippen MR) is 75.9 cm³/mol. The summed E-state index contributed by atoms with van der Waals surface area (Å²) in [6, 6.07) is 0.291. The van der Waals surface area contributed by atoms with Crippen LogP contribution in [0.1, 0.15) is 37.7 Å². The van der Waals surface area contributed by atoms with Crippen LogP contribution < -0.4 is 5.32 Å². The van der Waals surface area contributed by atoms with Gasteiger partial charge in [-0.15, -0.1) is 0 Å². The lowest BCUT2D eigenvalue weighted by Crippen LogP contribution is -2.38. The number of nitrogens with zero attached hydrogens (tertiary/aromatic N) is 2. The maximum atomic E-state index is 12.7. The van der Waals surface area contributed by atoms with Crippen molar-refractivity contribution in [1.29, 1.82) is 0 Å². The van der Waals surface area contributed by atoms with Crippen LogP contribution in [-0.2, 0) is 13.5 Å². The van der Waals surface area contributed by atoms with Crippen LogP contribution in [0.25, 0.3) is 0 Å². The first kappa shape index (κ1) is 16.3. The van der Waals surface area contributed by atoms with Gasteiger partial charge in [-0.25, -0.2) is 0 Å². The van der Waals surface area contributed by atoms with Gasteiger partial charge in [0.1, 0.15) is 0 Å². The van der Waals surface area contributed by atoms with Gasteiger partial charge in [-0.05, 0) is 57.1 Å². The molecule has 1 atom stereocenters. The minimum absolute atomic E-state index is 0.277. The van der Waals surface area contributed by atoms with E-state index in [4.69, 9.17) is 0 Å². The summed E-state index contributed by atoms with van der Waals surface area (Å²) in [6.07, 6.45) is 3.59. The molecule has 21 heavy (non-hydrogen) atoms. The third-order valence-corrected chi connectivity index (χ3v) is 4.68. The normalized spacial score (nSPS) is 25.0. The molecule has 1 aromatic rings. The lowest BCUT2D eigenvalue weighted by Gasteiger charge is -2.34. The fourth-order valence-corrected chi connectivity index (χ4v) is 3.39. The van der Waals surface area contributed by atoms with Gasteiger partial charge in [0, 0.05) is 19.3 Å². The second-order valence-electron chi connectivity index (χ2n) is 6.11. The van der Waals surface area contributed by atoms with Crippen molar-refractivity contribution in [2.75, 3.05) is 7.05 Å². The average Bonchev–Trinajstić information content (AvgIpc) is 2.85. The number of hydrogen-bond acceptors (Lipinski definition) is 2. The monoisotopic (exact) mass is 303 g/mol. The molecule has 2 rings (SSSR count). The lowest BCUT2D eigenvalue weighted by molar-refractivity contribution is -0.184. The molecule has 120 valence electrons. The quantitative estimate of drug-likeness (QED) is 0.904. The molecule has 1 fully saturated rings. The van der Waals surface area contributed by atoms with Crippen LogP contribution in [0.4, 0.5) is 13.2 Å². The summed E-state index contributed by atoms with van der Waals surface area (Å²) in [6.45, 7) is 0. The topological polar surface area (TPSA) is 29.9 Å². The summed E-state index contributed by atoms with van der Waals surface area (Å²) in [5.41, 5.74) is 1.18. The van der Waals surface area contributed by atoms with Gasteiger partial charge in [-0.1, -0.05) is 0 Å². The molecule has 1 aromatic heterocycles. The van der Waals surface area contributed by atoms with Gasteiger partial charge in [0.25, 0.3) is 0 Å². The summed E-state index contributed by atoms with van der Waals surface area (Å²) in [7, 11) is 3.79. The zero-order valence-corrected chi connectivity index (χ0v) is 12.7. The molecular weight excluding hydrogens is 279 g/mol. The van der Waals surface area contributed by atoms with Crippen LogP contribution in [0.15, 0.2) is 12.4 Å². The minimum Gasteiger partial charge on any atom is -0.317 e. The van der Waals surface area contributed by atoms with E-state index in [2.05, 4.69) is 10.4 Å². The fraction of sp³-hybridized carbons (Fsp3) is 0.800. The van der Waals surface area contributed by atoms with Gasteiger partial charge in [0.2, 0.25) is 0 Å². The Labute approximate surface area is 123 Å². The molecule has 0 amide bonds. The van der Waals surface area contributed by atoms with E-state index < -0.39 is 12.1 Å². The Bertz CT molecular complexity index is 434. The Morgan fingerprint density at radius 2 is 2.00 bits per heavy atom. The first-order valence-electron chi connectivity index (χ1n) is 7.61. The zero-order chi connectivity index (χ0) is 15.5. The number of aryl methyl sites for hydroxylation is 2. The maximum absolute atomic E-state index is 12.7. The van der Waals surface area contributed by atoms with Crippen LogP contribution in [0.3, 0.4) is 0 Å². The Morgan fingerprint density at radius 3 is 2.48 bits per heavy atom. The summed E-state index contributed by atoms with van der Waals surface area (Å²) in [5.74, 6) is -0.741. The van der Waals surface area contributed by atoms with E-state index in [1.54, 1.807) is 4.68 Å². The first-order chi connectivity index (χ1) is 9.90. The molecule has 1 unspecified atom stereocenters. The summed E-state index contributed by atoms with van der Waals surface area (Å²) < 4.78 is 39.9. The van der Waals surface area contributed by atoms with Crippen LogP contribution in [-0.4, -0.2) is 29.0 Å². The molecule has 3 nitrogen and oxygen atoms in total. The summed E-state index contributed by atoms with van der Waals surface area (Å²) >= 11 is 0. The molecule has 0 radical (unpaired) electrons. The average molecular weight is 303 g/mol. The van der Waals surface area contributed by atoms with Crippen molar-refractivity contribution in [2.24, 2.45) is 18.9 Å². The van der Waals surface area contributed by atoms with E-state index >= 15 is 0 Å². The first-order valence-corrected chi connectivity index (χ1v) is 7.61. The third-order valence-electron chi connectivity index (χ3n) is 4.68. The van der Waals surface area contributed by atoms with Crippen molar-refractivity contribution in [1.82, 2.24) is 15.1 Å². The van der Waals surface area contributed by atoms with Crippen molar-refractivity contribution >= 4 is 0 Å². The Kier molecular flexibility index (Phi) is 5.30. The van der Waals surface area contributed by atoms with E-state index in [-0.39, 0.29) is 12.8 Å². The molecular formula is C15H24F3N3. The lowest BCUT2D eigenvalue weighted by atomic mass is 9.77. The SMILES string of the molecule is CNC(CCc1cnn(C)c1)C1CCC(C(F)(F)F)CC1. The van der Waals surface area contributed by atoms with Gasteiger partial charge >= 0.3 is 6.18 Å². The zero-order valence-electron chi connectivity index (χ0n) is 12.7. The number of alkyl halides is 3. The van der Waals surface area contributed by atoms with Gasteiger partial charge in [-0.2, -0.15) is 18.3 Å². The van der Waals surface area contributed by atoms with Crippen molar-refractivity contribution in [3.63, 3.8) is 0 Å². The Balaban J connectivity index is 1.82. The molecule has 0 spiro atoms. The van der Waals surface area contributed by atoms with E-state index in [9.17, 15) is 13.2 Å². The fourth-order valence-electron chi connectivity index (χ4n) is 3.39. The van der Waals surface area contributed by atoms with Gasteiger partial charge in [0.05, 0.1) is 12.1 Å². The van der Waals surface area contributed by atoms with Gasteiger partial charge < -0.3 is 5.32 Å². The molecule has 0 bridgehead atoms. The molecule has 1 saturated carbocycles. The van der Waals surface area contributed by atoms with E-state index in [1.165, 1.54) is 5.56 Å². The molecule has 6 heteroatoms. The Morgan fingerprint density at radius 1 is 1.33 bits per heavy atom. The van der Waals surface area contributed by atoms with Crippen molar-refractivity contribution < 1.29 is 13.2 Å². The molecule has 1 N–H and O–H groups in total. The second kappa shape index (κ2) is 6.81. The van der Waals surface area contributed by atoms with Gasteiger partial charge in [-0.3, -0.25) is 4.68 Å². The number of nitrogens with one attached hydrogen (secondary N) is 1. The molecule has 1 aliphatic rings. The minimum atomic E-state index is -4.02. The van der Waals surface area contributed by atoms with Crippen LogP contribution in [0.5, 0.6) is 0 Å². The third kappa shape index (κ3) is 4.46. The van der Waals surface area contributed by atoms with Crippen LogP contribution in [0, 0.1) is 11.8 Å². The maximum Gasteiger partial charge on any atom is 0.391 e. The number of halogens is 3. The standard InChI is InChI=1S/C15H24F3N3/c1-19-14(8-3-11-9-20-21(2)10-11)12-4-6-13(7-5-12)15(16,17)18/h9-10,12-14,19H,3-8H2,1-2H3.